The fraction of sp³-hybridized carbons (Fsp3) is 0.409. The number of aromatic nitrogens is 1. The number of amides is 1. The Kier molecular flexibility index (Phi) is 9.65. The third-order valence-electron chi connectivity index (χ3n) is 4.16. The molecule has 1 heterocycles. The van der Waals surface area contributed by atoms with Gasteiger partial charge in [0.05, 0.1) is 13.2 Å². The number of guanidine groups is 1. The minimum atomic E-state index is -0.0891. The highest BCUT2D eigenvalue weighted by Gasteiger charge is 2.07. The number of aliphatic imine (C=N–C) groups is 1. The molecule has 0 saturated heterocycles. The summed E-state index contributed by atoms with van der Waals surface area (Å²) in [6.45, 7) is 6.49. The first-order valence-electron chi connectivity index (χ1n) is 9.86. The third-order valence-corrected chi connectivity index (χ3v) is 4.16. The Hall–Kier alpha value is -2.93. The number of rotatable bonds is 10. The molecule has 0 aliphatic carbocycles. The zero-order valence-electron chi connectivity index (χ0n) is 17.4. The van der Waals surface area contributed by atoms with E-state index in [9.17, 15) is 4.79 Å². The van der Waals surface area contributed by atoms with Crippen LogP contribution in [0.3, 0.4) is 0 Å². The molecule has 7 nitrogen and oxygen atoms in total. The summed E-state index contributed by atoms with van der Waals surface area (Å²) >= 11 is 0. The molecule has 1 atom stereocenters. The Morgan fingerprint density at radius 2 is 1.93 bits per heavy atom. The second-order valence-corrected chi connectivity index (χ2v) is 6.95. The van der Waals surface area contributed by atoms with Crippen molar-refractivity contribution in [2.75, 3.05) is 32.1 Å². The van der Waals surface area contributed by atoms with Gasteiger partial charge in [-0.25, -0.2) is 4.98 Å². The van der Waals surface area contributed by atoms with Crippen LogP contribution in [0.2, 0.25) is 0 Å². The van der Waals surface area contributed by atoms with Crippen molar-refractivity contribution in [2.24, 2.45) is 10.9 Å². The summed E-state index contributed by atoms with van der Waals surface area (Å²) in [5.74, 6) is 1.48. The molecule has 156 valence electrons. The molecular weight excluding hydrogens is 366 g/mol. The highest BCUT2D eigenvalue weighted by Crippen LogP contribution is 2.04. The molecule has 0 saturated carbocycles. The van der Waals surface area contributed by atoms with Crippen molar-refractivity contribution in [3.8, 4) is 0 Å². The monoisotopic (exact) mass is 397 g/mol. The summed E-state index contributed by atoms with van der Waals surface area (Å²) in [5, 5.41) is 9.21. The number of nitrogens with zero attached hydrogens (tertiary/aromatic N) is 2. The van der Waals surface area contributed by atoms with Gasteiger partial charge in [-0.2, -0.15) is 0 Å². The van der Waals surface area contributed by atoms with Gasteiger partial charge in [0.2, 0.25) is 5.91 Å². The summed E-state index contributed by atoms with van der Waals surface area (Å²) < 4.78 is 5.77. The molecule has 2 rings (SSSR count). The van der Waals surface area contributed by atoms with E-state index in [4.69, 9.17) is 4.74 Å². The average Bonchev–Trinajstić information content (AvgIpc) is 2.71. The number of benzene rings is 1. The van der Waals surface area contributed by atoms with Crippen molar-refractivity contribution in [3.05, 3.63) is 59.8 Å². The van der Waals surface area contributed by atoms with Crippen LogP contribution in [0.1, 0.15) is 24.6 Å². The summed E-state index contributed by atoms with van der Waals surface area (Å²) in [5.41, 5.74) is 2.04. The molecular formula is C22H31N5O2. The number of hydrogen-bond acceptors (Lipinski definition) is 4. The van der Waals surface area contributed by atoms with Gasteiger partial charge in [-0.3, -0.25) is 9.79 Å². The van der Waals surface area contributed by atoms with Crippen LogP contribution >= 0.6 is 0 Å². The smallest absolute Gasteiger partial charge is 0.227 e. The van der Waals surface area contributed by atoms with Gasteiger partial charge in [-0.05, 0) is 30.5 Å². The number of anilines is 1. The molecule has 1 unspecified atom stereocenters. The van der Waals surface area contributed by atoms with E-state index in [1.807, 2.05) is 37.3 Å². The molecule has 0 aliphatic heterocycles. The van der Waals surface area contributed by atoms with E-state index in [0.717, 1.165) is 12.2 Å². The Bertz CT molecular complexity index is 780. The first-order valence-corrected chi connectivity index (χ1v) is 9.86. The maximum absolute atomic E-state index is 12.0. The summed E-state index contributed by atoms with van der Waals surface area (Å²) in [4.78, 5) is 20.5. The normalized spacial score (nSPS) is 12.3. The van der Waals surface area contributed by atoms with Crippen molar-refractivity contribution in [3.63, 3.8) is 0 Å². The number of carbonyl (C=O) groups excluding carboxylic acids is 1. The van der Waals surface area contributed by atoms with Crippen molar-refractivity contribution in [1.29, 1.82) is 0 Å². The van der Waals surface area contributed by atoms with Gasteiger partial charge < -0.3 is 20.7 Å². The topological polar surface area (TPSA) is 87.6 Å². The van der Waals surface area contributed by atoms with Crippen LogP contribution in [0.5, 0.6) is 0 Å². The van der Waals surface area contributed by atoms with Gasteiger partial charge in [-0.1, -0.05) is 43.3 Å². The number of nitrogens with one attached hydrogen (secondary N) is 3. The molecule has 0 bridgehead atoms. The molecule has 0 radical (unpaired) electrons. The third kappa shape index (κ3) is 9.21. The lowest BCUT2D eigenvalue weighted by Gasteiger charge is -2.16. The SMILES string of the molecule is CN=C(NCCC(=O)Nc1cccc(C)n1)NCC(C)COCc1ccccc1. The van der Waals surface area contributed by atoms with Gasteiger partial charge in [-0.15, -0.1) is 0 Å². The molecule has 3 N–H and O–H groups in total. The Morgan fingerprint density at radius 1 is 1.14 bits per heavy atom. The molecule has 0 aliphatic rings. The lowest BCUT2D eigenvalue weighted by molar-refractivity contribution is -0.116. The molecule has 1 aromatic carbocycles. The molecule has 7 heteroatoms. The van der Waals surface area contributed by atoms with Gasteiger partial charge in [0.25, 0.3) is 0 Å². The predicted molar refractivity (Wildman–Crippen MR) is 117 cm³/mol. The first kappa shape index (κ1) is 22.4. The lowest BCUT2D eigenvalue weighted by atomic mass is 10.2. The Morgan fingerprint density at radius 3 is 2.66 bits per heavy atom. The molecule has 0 spiro atoms. The summed E-state index contributed by atoms with van der Waals surface area (Å²) in [7, 11) is 1.71. The summed E-state index contributed by atoms with van der Waals surface area (Å²) in [6.07, 6.45) is 0.325. The van der Waals surface area contributed by atoms with E-state index in [-0.39, 0.29) is 5.91 Å². The summed E-state index contributed by atoms with van der Waals surface area (Å²) in [6, 6.07) is 15.7. The van der Waals surface area contributed by atoms with E-state index >= 15 is 0 Å². The number of pyridine rings is 1. The van der Waals surface area contributed by atoms with Crippen LogP contribution in [-0.4, -0.2) is 43.6 Å². The van der Waals surface area contributed by atoms with Crippen LogP contribution < -0.4 is 16.0 Å². The van der Waals surface area contributed by atoms with Crippen molar-refractivity contribution >= 4 is 17.7 Å². The van der Waals surface area contributed by atoms with Crippen LogP contribution in [0.25, 0.3) is 0 Å². The van der Waals surface area contributed by atoms with Crippen molar-refractivity contribution < 1.29 is 9.53 Å². The molecule has 29 heavy (non-hydrogen) atoms. The molecule has 0 fully saturated rings. The predicted octanol–water partition coefficient (Wildman–Crippen LogP) is 2.74. The maximum atomic E-state index is 12.0. The van der Waals surface area contributed by atoms with E-state index < -0.39 is 0 Å². The fourth-order valence-electron chi connectivity index (χ4n) is 2.62. The van der Waals surface area contributed by atoms with Crippen LogP contribution in [0, 0.1) is 12.8 Å². The van der Waals surface area contributed by atoms with E-state index in [1.54, 1.807) is 13.1 Å². The van der Waals surface area contributed by atoms with Gasteiger partial charge in [0, 0.05) is 32.3 Å². The zero-order chi connectivity index (χ0) is 20.9. The van der Waals surface area contributed by atoms with Crippen molar-refractivity contribution in [1.82, 2.24) is 15.6 Å². The van der Waals surface area contributed by atoms with Crippen LogP contribution in [0.15, 0.2) is 53.5 Å². The molecule has 2 aromatic rings. The lowest BCUT2D eigenvalue weighted by Crippen LogP contribution is -2.41. The quantitative estimate of drug-likeness (QED) is 0.424. The van der Waals surface area contributed by atoms with Gasteiger partial charge >= 0.3 is 0 Å². The van der Waals surface area contributed by atoms with Gasteiger partial charge in [0.15, 0.2) is 5.96 Å². The Labute approximate surface area is 173 Å². The van der Waals surface area contributed by atoms with Crippen LogP contribution in [-0.2, 0) is 16.1 Å². The van der Waals surface area contributed by atoms with E-state index in [1.165, 1.54) is 5.56 Å². The number of aryl methyl sites for hydroxylation is 1. The van der Waals surface area contributed by atoms with Crippen molar-refractivity contribution in [2.45, 2.75) is 26.9 Å². The average molecular weight is 398 g/mol. The second kappa shape index (κ2) is 12.5. The van der Waals surface area contributed by atoms with Gasteiger partial charge in [0.1, 0.15) is 5.82 Å². The largest absolute Gasteiger partial charge is 0.376 e. The molecule has 1 amide bonds. The van der Waals surface area contributed by atoms with Crippen LogP contribution in [0.4, 0.5) is 5.82 Å². The standard InChI is InChI=1S/C22H31N5O2/c1-17(15-29-16-19-9-5-4-6-10-19)14-25-22(23-3)24-13-12-21(28)27-20-11-7-8-18(2)26-20/h4-11,17H,12-16H2,1-3H3,(H2,23,24,25)(H,26,27,28). The number of ether oxygens (including phenoxy) is 1. The number of hydrogen-bond donors (Lipinski definition) is 3. The number of carbonyl (C=O) groups is 1. The minimum absolute atomic E-state index is 0.0891. The fourth-order valence-corrected chi connectivity index (χ4v) is 2.62. The van der Waals surface area contributed by atoms with E-state index in [2.05, 4.69) is 45.0 Å². The first-order chi connectivity index (χ1) is 14.1. The minimum Gasteiger partial charge on any atom is -0.376 e. The highest BCUT2D eigenvalue weighted by atomic mass is 16.5. The maximum Gasteiger partial charge on any atom is 0.227 e. The second-order valence-electron chi connectivity index (χ2n) is 6.95. The van der Waals surface area contributed by atoms with E-state index in [0.29, 0.717) is 43.9 Å². The Balaban J connectivity index is 1.60. The molecule has 1 aromatic heterocycles. The zero-order valence-corrected chi connectivity index (χ0v) is 17.4. The highest BCUT2D eigenvalue weighted by molar-refractivity contribution is 5.90.